The maximum absolute atomic E-state index is 12.9. The number of rotatable bonds is 4. The Kier molecular flexibility index (Phi) is 2.92. The number of pyridine rings is 1. The van der Waals surface area contributed by atoms with E-state index in [9.17, 15) is 14.3 Å². The largest absolute Gasteiger partial charge is 0.481 e. The van der Waals surface area contributed by atoms with Crippen LogP contribution in [0.2, 0.25) is 0 Å². The summed E-state index contributed by atoms with van der Waals surface area (Å²) >= 11 is 0. The van der Waals surface area contributed by atoms with Crippen LogP contribution in [0.5, 0.6) is 0 Å². The van der Waals surface area contributed by atoms with Gasteiger partial charge in [-0.25, -0.2) is 14.1 Å². The number of aromatic nitrogens is 5. The quantitative estimate of drug-likeness (QED) is 0.900. The monoisotopic (exact) mass is 277 g/mol. The predicted octanol–water partition coefficient (Wildman–Crippen LogP) is 1.13. The molecule has 2 aromatic heterocycles. The summed E-state index contributed by atoms with van der Waals surface area (Å²) in [5.41, 5.74) is -0.388. The van der Waals surface area contributed by atoms with E-state index in [0.29, 0.717) is 24.4 Å². The number of aliphatic carboxylic acids is 1. The molecule has 0 radical (unpaired) electrons. The zero-order valence-electron chi connectivity index (χ0n) is 10.5. The van der Waals surface area contributed by atoms with Crippen LogP contribution in [-0.4, -0.2) is 36.3 Å². The Balaban J connectivity index is 1.91. The van der Waals surface area contributed by atoms with Crippen LogP contribution in [0.1, 0.15) is 19.3 Å². The molecule has 0 spiro atoms. The predicted molar refractivity (Wildman–Crippen MR) is 64.9 cm³/mol. The molecule has 1 aliphatic rings. The highest BCUT2D eigenvalue weighted by atomic mass is 19.1. The first-order valence-electron chi connectivity index (χ1n) is 6.22. The molecule has 20 heavy (non-hydrogen) atoms. The Morgan fingerprint density at radius 2 is 2.25 bits per heavy atom. The van der Waals surface area contributed by atoms with Crippen molar-refractivity contribution in [3.8, 4) is 11.5 Å². The molecule has 2 aromatic rings. The van der Waals surface area contributed by atoms with E-state index in [2.05, 4.69) is 20.5 Å². The Morgan fingerprint density at radius 1 is 1.45 bits per heavy atom. The maximum atomic E-state index is 12.9. The van der Waals surface area contributed by atoms with Gasteiger partial charge in [-0.1, -0.05) is 6.42 Å². The normalized spacial score (nSPS) is 16.6. The van der Waals surface area contributed by atoms with Gasteiger partial charge in [0.2, 0.25) is 5.82 Å². The van der Waals surface area contributed by atoms with Gasteiger partial charge in [0.05, 0.1) is 18.2 Å². The minimum atomic E-state index is -0.836. The third-order valence-electron chi connectivity index (χ3n) is 3.71. The lowest BCUT2D eigenvalue weighted by molar-refractivity contribution is -0.156. The van der Waals surface area contributed by atoms with Crippen LogP contribution in [0.4, 0.5) is 4.39 Å². The number of carboxylic acids is 1. The Morgan fingerprint density at radius 3 is 2.80 bits per heavy atom. The summed E-state index contributed by atoms with van der Waals surface area (Å²) < 4.78 is 14.3. The number of hydrogen-bond acceptors (Lipinski definition) is 5. The number of nitrogens with zero attached hydrogens (tertiary/aromatic N) is 5. The Bertz CT molecular complexity index is 636. The topological polar surface area (TPSA) is 93.8 Å². The Hall–Kier alpha value is -2.38. The van der Waals surface area contributed by atoms with Crippen LogP contribution < -0.4 is 0 Å². The fraction of sp³-hybridized carbons (Fsp3) is 0.417. The highest BCUT2D eigenvalue weighted by Gasteiger charge is 2.45. The molecule has 0 aromatic carbocycles. The second-order valence-corrected chi connectivity index (χ2v) is 4.96. The summed E-state index contributed by atoms with van der Waals surface area (Å²) in [5, 5.41) is 20.6. The van der Waals surface area contributed by atoms with Gasteiger partial charge in [-0.2, -0.15) is 0 Å². The molecule has 0 aliphatic heterocycles. The van der Waals surface area contributed by atoms with Crippen LogP contribution in [0.15, 0.2) is 18.3 Å². The van der Waals surface area contributed by atoms with Crippen molar-refractivity contribution in [2.24, 2.45) is 5.41 Å². The van der Waals surface area contributed by atoms with Crippen LogP contribution in [-0.2, 0) is 11.3 Å². The minimum Gasteiger partial charge on any atom is -0.481 e. The minimum absolute atomic E-state index is 0.198. The third-order valence-corrected chi connectivity index (χ3v) is 3.71. The van der Waals surface area contributed by atoms with E-state index in [0.717, 1.165) is 12.6 Å². The fourth-order valence-electron chi connectivity index (χ4n) is 2.33. The lowest BCUT2D eigenvalue weighted by Crippen LogP contribution is -2.42. The van der Waals surface area contributed by atoms with Gasteiger partial charge in [-0.15, -0.1) is 5.10 Å². The summed E-state index contributed by atoms with van der Waals surface area (Å²) in [7, 11) is 0. The van der Waals surface area contributed by atoms with Gasteiger partial charge in [-0.05, 0) is 35.4 Å². The highest BCUT2D eigenvalue weighted by molar-refractivity contribution is 5.75. The molecule has 8 heteroatoms. The average Bonchev–Trinajstić information content (AvgIpc) is 2.82. The molecular formula is C12H12FN5O2. The molecule has 1 saturated carbocycles. The van der Waals surface area contributed by atoms with E-state index < -0.39 is 17.2 Å². The van der Waals surface area contributed by atoms with Crippen LogP contribution in [0, 0.1) is 11.2 Å². The van der Waals surface area contributed by atoms with Crippen LogP contribution >= 0.6 is 0 Å². The summed E-state index contributed by atoms with van der Waals surface area (Å²) in [6.07, 6.45) is 3.18. The van der Waals surface area contributed by atoms with E-state index in [1.165, 1.54) is 16.8 Å². The second-order valence-electron chi connectivity index (χ2n) is 4.96. The molecule has 0 atom stereocenters. The summed E-state index contributed by atoms with van der Waals surface area (Å²) in [6.45, 7) is 0.198. The molecule has 1 N–H and O–H groups in total. The van der Waals surface area contributed by atoms with Crippen LogP contribution in [0.25, 0.3) is 11.5 Å². The van der Waals surface area contributed by atoms with E-state index >= 15 is 0 Å². The molecule has 0 amide bonds. The molecule has 1 fully saturated rings. The zero-order chi connectivity index (χ0) is 14.2. The highest BCUT2D eigenvalue weighted by Crippen LogP contribution is 2.42. The van der Waals surface area contributed by atoms with Gasteiger partial charge in [0.25, 0.3) is 0 Å². The van der Waals surface area contributed by atoms with E-state index in [1.54, 1.807) is 0 Å². The SMILES string of the molecule is O=C(O)C1(Cn2nnnc2-c2ccc(F)cn2)CCC1. The van der Waals surface area contributed by atoms with Gasteiger partial charge >= 0.3 is 5.97 Å². The van der Waals surface area contributed by atoms with E-state index in [1.807, 2.05) is 0 Å². The molecule has 0 saturated heterocycles. The standard InChI is InChI=1S/C12H12FN5O2/c13-8-2-3-9(14-6-8)10-15-16-17-18(10)7-12(11(19)20)4-1-5-12/h2-3,6H,1,4-5,7H2,(H,19,20). The zero-order valence-corrected chi connectivity index (χ0v) is 10.5. The maximum Gasteiger partial charge on any atom is 0.311 e. The first kappa shape index (κ1) is 12.6. The van der Waals surface area contributed by atoms with Gasteiger partial charge in [-0.3, -0.25) is 4.79 Å². The Labute approximate surface area is 113 Å². The number of hydrogen-bond donors (Lipinski definition) is 1. The number of carbonyl (C=O) groups is 1. The van der Waals surface area contributed by atoms with Crippen molar-refractivity contribution in [1.82, 2.24) is 25.2 Å². The van der Waals surface area contributed by atoms with Gasteiger partial charge < -0.3 is 5.11 Å². The van der Waals surface area contributed by atoms with Crippen molar-refractivity contribution < 1.29 is 14.3 Å². The van der Waals surface area contributed by atoms with Crippen molar-refractivity contribution in [3.05, 3.63) is 24.1 Å². The van der Waals surface area contributed by atoms with E-state index in [4.69, 9.17) is 0 Å². The smallest absolute Gasteiger partial charge is 0.311 e. The first-order valence-corrected chi connectivity index (χ1v) is 6.22. The molecular weight excluding hydrogens is 265 g/mol. The molecule has 3 rings (SSSR count). The van der Waals surface area contributed by atoms with Gasteiger partial charge in [0, 0.05) is 0 Å². The van der Waals surface area contributed by atoms with Crippen molar-refractivity contribution in [3.63, 3.8) is 0 Å². The summed E-state index contributed by atoms with van der Waals surface area (Å²) in [5.74, 6) is -0.941. The second kappa shape index (κ2) is 4.62. The fourth-order valence-corrected chi connectivity index (χ4v) is 2.33. The molecule has 1 aliphatic carbocycles. The molecule has 0 bridgehead atoms. The number of halogens is 1. The van der Waals surface area contributed by atoms with Crippen molar-refractivity contribution in [1.29, 1.82) is 0 Å². The van der Waals surface area contributed by atoms with E-state index in [-0.39, 0.29) is 6.54 Å². The van der Waals surface area contributed by atoms with Crippen molar-refractivity contribution in [2.45, 2.75) is 25.8 Å². The van der Waals surface area contributed by atoms with Gasteiger partial charge in [0.1, 0.15) is 11.5 Å². The molecule has 7 nitrogen and oxygen atoms in total. The first-order chi connectivity index (χ1) is 9.61. The lowest BCUT2D eigenvalue weighted by Gasteiger charge is -2.37. The summed E-state index contributed by atoms with van der Waals surface area (Å²) in [6, 6.07) is 2.73. The molecule has 0 unspecified atom stereocenters. The lowest BCUT2D eigenvalue weighted by atomic mass is 9.69. The summed E-state index contributed by atoms with van der Waals surface area (Å²) in [4.78, 5) is 15.3. The third kappa shape index (κ3) is 2.02. The molecule has 104 valence electrons. The average molecular weight is 277 g/mol. The van der Waals surface area contributed by atoms with Crippen molar-refractivity contribution in [2.75, 3.05) is 0 Å². The number of carboxylic acid groups (broad SMARTS) is 1. The molecule has 2 heterocycles. The van der Waals surface area contributed by atoms with Crippen LogP contribution in [0.3, 0.4) is 0 Å². The van der Waals surface area contributed by atoms with Crippen molar-refractivity contribution >= 4 is 5.97 Å². The van der Waals surface area contributed by atoms with Gasteiger partial charge in [0.15, 0.2) is 0 Å². The number of tetrazole rings is 1.